The smallest absolute Gasteiger partial charge is 0.0470 e. The van der Waals surface area contributed by atoms with E-state index in [4.69, 9.17) is 5.73 Å². The van der Waals surface area contributed by atoms with Crippen molar-refractivity contribution in [3.63, 3.8) is 0 Å². The molecule has 1 heteroatoms. The Kier molecular flexibility index (Phi) is 4.56. The van der Waals surface area contributed by atoms with Crippen LogP contribution >= 0.6 is 0 Å². The van der Waals surface area contributed by atoms with Crippen LogP contribution in [0.2, 0.25) is 0 Å². The minimum absolute atomic E-state index is 0.0642. The van der Waals surface area contributed by atoms with E-state index in [0.29, 0.717) is 5.92 Å². The summed E-state index contributed by atoms with van der Waals surface area (Å²) in [6, 6.07) is 16.9. The molecule has 0 aromatic heterocycles. The van der Waals surface area contributed by atoms with Crippen LogP contribution in [0.25, 0.3) is 11.8 Å². The van der Waals surface area contributed by atoms with E-state index < -0.39 is 0 Å². The predicted molar refractivity (Wildman–Crippen MR) is 96.7 cm³/mol. The summed E-state index contributed by atoms with van der Waals surface area (Å²) in [5.74, 6) is 0.442. The van der Waals surface area contributed by atoms with Crippen molar-refractivity contribution in [1.29, 1.82) is 0 Å². The number of hydrogen-bond donors (Lipinski definition) is 1. The molecule has 2 N–H and O–H groups in total. The van der Waals surface area contributed by atoms with Crippen molar-refractivity contribution in [3.05, 3.63) is 83.3 Å². The molecule has 0 saturated heterocycles. The van der Waals surface area contributed by atoms with Crippen molar-refractivity contribution in [2.45, 2.75) is 26.2 Å². The van der Waals surface area contributed by atoms with Gasteiger partial charge in [0.15, 0.2) is 0 Å². The molecule has 0 bridgehead atoms. The molecule has 1 nitrogen and oxygen atoms in total. The van der Waals surface area contributed by atoms with Gasteiger partial charge in [-0.05, 0) is 22.1 Å². The molecule has 1 atom stereocenters. The topological polar surface area (TPSA) is 26.0 Å². The van der Waals surface area contributed by atoms with E-state index in [2.05, 4.69) is 88.5 Å². The third kappa shape index (κ3) is 2.59. The van der Waals surface area contributed by atoms with Crippen LogP contribution in [0, 0.1) is 5.92 Å². The minimum atomic E-state index is 0.0642. The molecule has 3 rings (SSSR count). The van der Waals surface area contributed by atoms with Crippen LogP contribution in [-0.4, -0.2) is 0 Å². The zero-order valence-corrected chi connectivity index (χ0v) is 13.8. The lowest BCUT2D eigenvalue weighted by Gasteiger charge is -2.33. The fourth-order valence-electron chi connectivity index (χ4n) is 3.04. The Morgan fingerprint density at radius 3 is 2.27 bits per heavy atom. The van der Waals surface area contributed by atoms with Crippen molar-refractivity contribution in [2.75, 3.05) is 0 Å². The Morgan fingerprint density at radius 1 is 0.955 bits per heavy atom. The molecule has 0 spiro atoms. The van der Waals surface area contributed by atoms with Crippen molar-refractivity contribution in [1.82, 2.24) is 0 Å². The molecule has 0 amide bonds. The Morgan fingerprint density at radius 2 is 1.55 bits per heavy atom. The fourth-order valence-corrected chi connectivity index (χ4v) is 3.04. The normalized spacial score (nSPS) is 22.5. The van der Waals surface area contributed by atoms with E-state index in [9.17, 15) is 0 Å². The van der Waals surface area contributed by atoms with Gasteiger partial charge in [-0.1, -0.05) is 75.4 Å². The summed E-state index contributed by atoms with van der Waals surface area (Å²) in [6.45, 7) is 12.9. The summed E-state index contributed by atoms with van der Waals surface area (Å²) in [5.41, 5.74) is 9.94. The van der Waals surface area contributed by atoms with Crippen molar-refractivity contribution >= 4 is 11.8 Å². The van der Waals surface area contributed by atoms with Crippen LogP contribution in [0.1, 0.15) is 31.9 Å². The number of nitrogens with two attached hydrogens (primary N) is 1. The predicted octanol–water partition coefficient (Wildman–Crippen LogP) is 3.31. The van der Waals surface area contributed by atoms with Crippen LogP contribution in [-0.2, 0) is 5.41 Å². The number of rotatable bonds is 0. The maximum Gasteiger partial charge on any atom is 0.0470 e. The van der Waals surface area contributed by atoms with Crippen LogP contribution in [0.4, 0.5) is 0 Å². The molecular formula is C21H25N. The average Bonchev–Trinajstić information content (AvgIpc) is 2.56. The van der Waals surface area contributed by atoms with Gasteiger partial charge in [0.1, 0.15) is 0 Å². The Labute approximate surface area is 133 Å². The molecule has 0 saturated carbocycles. The number of benzene rings is 2. The number of fused-ring (bicyclic) bond motifs is 2. The van der Waals surface area contributed by atoms with Gasteiger partial charge < -0.3 is 5.73 Å². The van der Waals surface area contributed by atoms with E-state index >= 15 is 0 Å². The molecule has 1 aliphatic rings. The van der Waals surface area contributed by atoms with Gasteiger partial charge in [0, 0.05) is 16.5 Å². The summed E-state index contributed by atoms with van der Waals surface area (Å²) < 4.78 is 0. The first-order valence-electron chi connectivity index (χ1n) is 7.68. The van der Waals surface area contributed by atoms with E-state index in [1.165, 1.54) is 16.3 Å². The van der Waals surface area contributed by atoms with Crippen LogP contribution < -0.4 is 16.2 Å². The second-order valence-corrected chi connectivity index (χ2v) is 6.22. The summed E-state index contributed by atoms with van der Waals surface area (Å²) >= 11 is 0. The average molecular weight is 291 g/mol. The van der Waals surface area contributed by atoms with Gasteiger partial charge in [-0.2, -0.15) is 0 Å². The van der Waals surface area contributed by atoms with Crippen molar-refractivity contribution in [3.8, 4) is 0 Å². The van der Waals surface area contributed by atoms with Gasteiger partial charge in [-0.25, -0.2) is 0 Å². The van der Waals surface area contributed by atoms with Gasteiger partial charge >= 0.3 is 0 Å². The first kappa shape index (κ1) is 16.1. The van der Waals surface area contributed by atoms with E-state index in [1.807, 2.05) is 0 Å². The molecule has 2 aromatic rings. The largest absolute Gasteiger partial charge is 0.398 e. The van der Waals surface area contributed by atoms with Gasteiger partial charge in [0.2, 0.25) is 0 Å². The highest BCUT2D eigenvalue weighted by Crippen LogP contribution is 2.36. The van der Waals surface area contributed by atoms with Gasteiger partial charge in [-0.15, -0.1) is 13.2 Å². The molecular weight excluding hydrogens is 266 g/mol. The van der Waals surface area contributed by atoms with Crippen LogP contribution in [0.5, 0.6) is 0 Å². The highest BCUT2D eigenvalue weighted by atomic mass is 14.6. The first-order valence-corrected chi connectivity index (χ1v) is 7.68. The van der Waals surface area contributed by atoms with Gasteiger partial charge in [0.05, 0.1) is 0 Å². The molecule has 0 aliphatic heterocycles. The summed E-state index contributed by atoms with van der Waals surface area (Å²) in [5, 5.41) is 2.38. The highest BCUT2D eigenvalue weighted by Gasteiger charge is 2.30. The van der Waals surface area contributed by atoms with Gasteiger partial charge in [0.25, 0.3) is 0 Å². The highest BCUT2D eigenvalue weighted by molar-refractivity contribution is 5.68. The SMILES string of the molecule is C=C.CC1/C=c2/cccc/c2=C(/N)c2ccccc2C1(C)C. The third-order valence-corrected chi connectivity index (χ3v) is 4.73. The standard InChI is InChI=1S/C19H21N.C2H4/c1-13-12-14-8-4-5-9-15(14)18(20)16-10-6-7-11-17(16)19(13,2)3;1-2/h4-13H,20H2,1-3H3;1-2H2/b14-12-,18-15-;. The molecule has 114 valence electrons. The quantitative estimate of drug-likeness (QED) is 0.740. The first-order chi connectivity index (χ1) is 10.5. The van der Waals surface area contributed by atoms with E-state index in [1.54, 1.807) is 0 Å². The van der Waals surface area contributed by atoms with Crippen LogP contribution in [0.15, 0.2) is 61.7 Å². The minimum Gasteiger partial charge on any atom is -0.398 e. The zero-order chi connectivity index (χ0) is 16.3. The zero-order valence-electron chi connectivity index (χ0n) is 13.8. The van der Waals surface area contributed by atoms with E-state index in [-0.39, 0.29) is 5.41 Å². The Hall–Kier alpha value is -2.28. The van der Waals surface area contributed by atoms with Crippen molar-refractivity contribution in [2.24, 2.45) is 11.7 Å². The van der Waals surface area contributed by atoms with Crippen LogP contribution in [0.3, 0.4) is 0 Å². The monoisotopic (exact) mass is 291 g/mol. The molecule has 0 radical (unpaired) electrons. The second-order valence-electron chi connectivity index (χ2n) is 6.22. The lowest BCUT2D eigenvalue weighted by molar-refractivity contribution is 0.426. The second kappa shape index (κ2) is 6.23. The number of hydrogen-bond acceptors (Lipinski definition) is 1. The molecule has 0 fully saturated rings. The molecule has 1 aliphatic carbocycles. The summed E-state index contributed by atoms with van der Waals surface area (Å²) in [4.78, 5) is 0. The lowest BCUT2D eigenvalue weighted by Crippen LogP contribution is -2.37. The summed E-state index contributed by atoms with van der Waals surface area (Å²) in [7, 11) is 0. The van der Waals surface area contributed by atoms with E-state index in [0.717, 1.165) is 10.9 Å². The third-order valence-electron chi connectivity index (χ3n) is 4.73. The lowest BCUT2D eigenvalue weighted by atomic mass is 9.71. The molecule has 0 heterocycles. The fraction of sp³-hybridized carbons (Fsp3) is 0.238. The Balaban J connectivity index is 0.000000847. The van der Waals surface area contributed by atoms with Gasteiger partial charge in [-0.3, -0.25) is 0 Å². The molecule has 22 heavy (non-hydrogen) atoms. The molecule has 1 unspecified atom stereocenters. The summed E-state index contributed by atoms with van der Waals surface area (Å²) in [6.07, 6.45) is 2.35. The molecule has 2 aromatic carbocycles. The maximum absolute atomic E-state index is 6.49. The van der Waals surface area contributed by atoms with Crippen molar-refractivity contribution < 1.29 is 0 Å². The maximum atomic E-state index is 6.49. The Bertz CT molecular complexity index is 784.